The topological polar surface area (TPSA) is 24.1 Å². The van der Waals surface area contributed by atoms with Gasteiger partial charge in [0.15, 0.2) is 0 Å². The number of pyridine rings is 1. The average Bonchev–Trinajstić information content (AvgIpc) is 1.80. The van der Waals surface area contributed by atoms with Gasteiger partial charge in [0.2, 0.25) is 6.20 Å². The molecule has 0 bridgehead atoms. The van der Waals surface area contributed by atoms with Gasteiger partial charge >= 0.3 is 5.15 Å². The van der Waals surface area contributed by atoms with Crippen molar-refractivity contribution in [3.8, 4) is 0 Å². The fourth-order valence-electron chi connectivity index (χ4n) is 0.441. The van der Waals surface area contributed by atoms with Crippen molar-refractivity contribution in [2.45, 2.75) is 0 Å². The summed E-state index contributed by atoms with van der Waals surface area (Å²) in [7, 11) is 0. The molecular formula is C5H4BrClNO+. The lowest BCUT2D eigenvalue weighted by Crippen LogP contribution is -2.30. The van der Waals surface area contributed by atoms with Gasteiger partial charge in [-0.2, -0.15) is 0 Å². The highest BCUT2D eigenvalue weighted by atomic mass is 79.9. The molecule has 1 heterocycles. The van der Waals surface area contributed by atoms with E-state index in [-0.39, 0.29) is 5.15 Å². The standard InChI is InChI=1S/C5H4BrClNO/c6-4-1-2-8(9)5(7)3-4/h1-3,9H/q+1. The molecule has 1 aromatic rings. The van der Waals surface area contributed by atoms with Gasteiger partial charge in [-0.3, -0.25) is 5.21 Å². The van der Waals surface area contributed by atoms with E-state index in [1.165, 1.54) is 6.20 Å². The first-order valence-corrected chi connectivity index (χ1v) is 3.43. The Morgan fingerprint density at radius 1 is 1.67 bits per heavy atom. The normalized spacial score (nSPS) is 9.56. The summed E-state index contributed by atoms with van der Waals surface area (Å²) in [5.74, 6) is 0. The van der Waals surface area contributed by atoms with E-state index in [1.807, 2.05) is 0 Å². The number of hydrogen-bond acceptors (Lipinski definition) is 1. The highest BCUT2D eigenvalue weighted by Crippen LogP contribution is 2.10. The number of nitrogens with zero attached hydrogens (tertiary/aromatic N) is 1. The molecule has 0 radical (unpaired) electrons. The second kappa shape index (κ2) is 2.54. The zero-order valence-corrected chi connectivity index (χ0v) is 6.72. The van der Waals surface area contributed by atoms with Crippen molar-refractivity contribution >= 4 is 27.5 Å². The van der Waals surface area contributed by atoms with Crippen LogP contribution in [0.5, 0.6) is 0 Å². The minimum atomic E-state index is 0.282. The maximum atomic E-state index is 8.81. The van der Waals surface area contributed by atoms with E-state index in [0.717, 1.165) is 9.20 Å². The van der Waals surface area contributed by atoms with Gasteiger partial charge in [0.25, 0.3) is 0 Å². The summed E-state index contributed by atoms with van der Waals surface area (Å²) in [5, 5.41) is 9.09. The second-order valence-corrected chi connectivity index (χ2v) is 2.82. The third kappa shape index (κ3) is 1.56. The Kier molecular flexibility index (Phi) is 1.93. The molecule has 0 saturated carbocycles. The smallest absolute Gasteiger partial charge is 0.284 e. The van der Waals surface area contributed by atoms with Crippen LogP contribution in [0.2, 0.25) is 5.15 Å². The van der Waals surface area contributed by atoms with E-state index >= 15 is 0 Å². The Balaban J connectivity index is 3.17. The molecule has 0 aliphatic heterocycles. The first kappa shape index (κ1) is 6.83. The molecule has 0 saturated heterocycles. The molecular weight excluding hydrogens is 205 g/mol. The summed E-state index contributed by atoms with van der Waals surface area (Å²) in [6, 6.07) is 3.29. The van der Waals surface area contributed by atoms with Crippen LogP contribution in [0.15, 0.2) is 22.8 Å². The molecule has 0 atom stereocenters. The van der Waals surface area contributed by atoms with Crippen molar-refractivity contribution in [1.82, 2.24) is 0 Å². The highest BCUT2D eigenvalue weighted by Gasteiger charge is 2.04. The van der Waals surface area contributed by atoms with E-state index in [4.69, 9.17) is 16.8 Å². The number of aromatic nitrogens is 1. The van der Waals surface area contributed by atoms with E-state index in [2.05, 4.69) is 15.9 Å². The minimum absolute atomic E-state index is 0.282. The zero-order valence-electron chi connectivity index (χ0n) is 4.38. The van der Waals surface area contributed by atoms with Crippen molar-refractivity contribution in [2.24, 2.45) is 0 Å². The van der Waals surface area contributed by atoms with Crippen LogP contribution in [0.3, 0.4) is 0 Å². The van der Waals surface area contributed by atoms with Crippen LogP contribution in [0.4, 0.5) is 0 Å². The molecule has 0 spiro atoms. The molecule has 48 valence electrons. The third-order valence-corrected chi connectivity index (χ3v) is 1.63. The van der Waals surface area contributed by atoms with Crippen molar-refractivity contribution in [3.05, 3.63) is 28.0 Å². The molecule has 0 amide bonds. The Morgan fingerprint density at radius 2 is 2.33 bits per heavy atom. The van der Waals surface area contributed by atoms with Crippen LogP contribution >= 0.6 is 27.5 Å². The summed E-state index contributed by atoms with van der Waals surface area (Å²) < 4.78 is 1.68. The van der Waals surface area contributed by atoms with E-state index in [9.17, 15) is 0 Å². The van der Waals surface area contributed by atoms with Gasteiger partial charge in [0, 0.05) is 21.3 Å². The predicted octanol–water partition coefficient (Wildman–Crippen LogP) is 1.63. The predicted molar refractivity (Wildman–Crippen MR) is 36.5 cm³/mol. The molecule has 2 nitrogen and oxygen atoms in total. The second-order valence-electron chi connectivity index (χ2n) is 1.51. The summed E-state index contributed by atoms with van der Waals surface area (Å²) in [5.41, 5.74) is 0. The minimum Gasteiger partial charge on any atom is -0.284 e. The van der Waals surface area contributed by atoms with E-state index in [1.54, 1.807) is 12.1 Å². The van der Waals surface area contributed by atoms with E-state index < -0.39 is 0 Å². The van der Waals surface area contributed by atoms with Crippen molar-refractivity contribution in [3.63, 3.8) is 0 Å². The fourth-order valence-corrected chi connectivity index (χ4v) is 1.08. The molecule has 9 heavy (non-hydrogen) atoms. The first-order valence-electron chi connectivity index (χ1n) is 2.26. The lowest BCUT2D eigenvalue weighted by atomic mass is 10.5. The van der Waals surface area contributed by atoms with Crippen LogP contribution in [0.25, 0.3) is 0 Å². The highest BCUT2D eigenvalue weighted by molar-refractivity contribution is 9.10. The molecule has 0 unspecified atom stereocenters. The Hall–Kier alpha value is -0.280. The summed E-state index contributed by atoms with van der Waals surface area (Å²) in [6.07, 6.45) is 1.45. The molecule has 1 N–H and O–H groups in total. The molecule has 4 heteroatoms. The maximum absolute atomic E-state index is 8.81. The molecule has 0 aromatic carbocycles. The quantitative estimate of drug-likeness (QED) is 0.392. The van der Waals surface area contributed by atoms with Crippen LogP contribution in [-0.4, -0.2) is 5.21 Å². The lowest BCUT2D eigenvalue weighted by molar-refractivity contribution is -0.903. The first-order chi connectivity index (χ1) is 4.20. The molecule has 0 aliphatic rings. The summed E-state index contributed by atoms with van der Waals surface area (Å²) >= 11 is 8.68. The van der Waals surface area contributed by atoms with Gasteiger partial charge in [0.05, 0.1) is 0 Å². The molecule has 0 fully saturated rings. The zero-order chi connectivity index (χ0) is 6.85. The summed E-state index contributed by atoms with van der Waals surface area (Å²) in [6.45, 7) is 0. The fraction of sp³-hybridized carbons (Fsp3) is 0. The number of halogens is 2. The summed E-state index contributed by atoms with van der Waals surface area (Å²) in [4.78, 5) is 0. The largest absolute Gasteiger partial charge is 0.326 e. The van der Waals surface area contributed by atoms with Gasteiger partial charge in [-0.15, -0.1) is 0 Å². The van der Waals surface area contributed by atoms with Crippen LogP contribution in [0.1, 0.15) is 0 Å². The SMILES string of the molecule is O[n+]1ccc(Br)cc1Cl. The number of hydrogen-bond donors (Lipinski definition) is 1. The number of rotatable bonds is 0. The van der Waals surface area contributed by atoms with Gasteiger partial charge in [-0.1, -0.05) is 15.9 Å². The Morgan fingerprint density at radius 3 is 2.78 bits per heavy atom. The van der Waals surface area contributed by atoms with E-state index in [0.29, 0.717) is 0 Å². The van der Waals surface area contributed by atoms with Crippen LogP contribution < -0.4 is 4.73 Å². The molecule has 1 rings (SSSR count). The van der Waals surface area contributed by atoms with Gasteiger partial charge in [-0.05, 0) is 11.6 Å². The third-order valence-electron chi connectivity index (χ3n) is 0.851. The van der Waals surface area contributed by atoms with Crippen LogP contribution in [-0.2, 0) is 0 Å². The lowest BCUT2D eigenvalue weighted by Gasteiger charge is -1.85. The van der Waals surface area contributed by atoms with Crippen molar-refractivity contribution < 1.29 is 9.94 Å². The van der Waals surface area contributed by atoms with Gasteiger partial charge in [0.1, 0.15) is 0 Å². The maximum Gasteiger partial charge on any atom is 0.326 e. The molecule has 0 aliphatic carbocycles. The Labute approximate surface area is 65.8 Å². The average molecular weight is 209 g/mol. The van der Waals surface area contributed by atoms with Crippen LogP contribution in [0, 0.1) is 0 Å². The van der Waals surface area contributed by atoms with Gasteiger partial charge in [-0.25, -0.2) is 0 Å². The Bertz CT molecular complexity index is 228. The van der Waals surface area contributed by atoms with Crippen molar-refractivity contribution in [1.29, 1.82) is 0 Å². The van der Waals surface area contributed by atoms with Crippen molar-refractivity contribution in [2.75, 3.05) is 0 Å². The van der Waals surface area contributed by atoms with Gasteiger partial charge < -0.3 is 0 Å². The monoisotopic (exact) mass is 208 g/mol. The molecule has 1 aromatic heterocycles.